The molecule has 3 atom stereocenters. The van der Waals surface area contributed by atoms with E-state index in [1.165, 1.54) is 0 Å². The second-order valence-electron chi connectivity index (χ2n) is 16.5. The lowest BCUT2D eigenvalue weighted by Gasteiger charge is -2.25. The summed E-state index contributed by atoms with van der Waals surface area (Å²) in [7, 11) is 0. The first-order valence-electron chi connectivity index (χ1n) is 19.7. The topological polar surface area (TPSA) is 246 Å². The molecule has 8 N–H and O–H groups in total. The summed E-state index contributed by atoms with van der Waals surface area (Å²) >= 11 is 0. The lowest BCUT2D eigenvalue weighted by molar-refractivity contribution is -0.131. The van der Waals surface area contributed by atoms with Gasteiger partial charge in [0.2, 0.25) is 11.8 Å². The van der Waals surface area contributed by atoms with Crippen LogP contribution in [0.3, 0.4) is 0 Å². The number of carbonyl (C=O) groups is 4. The van der Waals surface area contributed by atoms with Crippen LogP contribution < -0.4 is 27.4 Å². The van der Waals surface area contributed by atoms with Crippen LogP contribution in [0, 0.1) is 19.8 Å². The molecule has 0 aliphatic carbocycles. The molecule has 0 saturated carbocycles. The van der Waals surface area contributed by atoms with Crippen molar-refractivity contribution < 1.29 is 38.3 Å². The van der Waals surface area contributed by atoms with E-state index < -0.39 is 53.1 Å². The maximum absolute atomic E-state index is 14.5. The number of rotatable bonds is 20. The average Bonchev–Trinajstić information content (AvgIpc) is 3.56. The lowest BCUT2D eigenvalue weighted by Crippen LogP contribution is -2.45. The van der Waals surface area contributed by atoms with Gasteiger partial charge in [0, 0.05) is 31.8 Å². The van der Waals surface area contributed by atoms with E-state index in [9.17, 15) is 24.3 Å². The van der Waals surface area contributed by atoms with Crippen LogP contribution in [0.5, 0.6) is 5.75 Å². The number of guanidine groups is 1. The second kappa shape index (κ2) is 21.7. The third-order valence-corrected chi connectivity index (χ3v) is 8.87. The molecule has 16 heteroatoms. The summed E-state index contributed by atoms with van der Waals surface area (Å²) in [6.45, 7) is 14.7. The van der Waals surface area contributed by atoms with Gasteiger partial charge in [-0.05, 0) is 128 Å². The molecule has 3 rings (SSSR count). The number of amides is 3. The zero-order valence-electron chi connectivity index (χ0n) is 35.1. The molecule has 3 aromatic rings. The number of hydrogen-bond acceptors (Lipinski definition) is 11. The average molecular weight is 807 g/mol. The Hall–Kier alpha value is -5.67. The number of nitrogens with zero attached hydrogens (tertiary/aromatic N) is 3. The van der Waals surface area contributed by atoms with Crippen LogP contribution in [0.25, 0.3) is 0 Å². The Balaban J connectivity index is 1.91. The van der Waals surface area contributed by atoms with Gasteiger partial charge in [0.1, 0.15) is 23.0 Å². The monoisotopic (exact) mass is 806 g/mol. The molecule has 0 aliphatic heterocycles. The number of hydrogen-bond donors (Lipinski definition) is 6. The van der Waals surface area contributed by atoms with Crippen molar-refractivity contribution in [2.75, 3.05) is 13.1 Å². The van der Waals surface area contributed by atoms with Crippen molar-refractivity contribution >= 4 is 29.8 Å². The number of aromatic hydroxyl groups is 1. The molecular weight excluding hydrogens is 745 g/mol. The first-order chi connectivity index (χ1) is 27.2. The number of aryl methyl sites for hydroxylation is 2. The standard InChI is InChI=1S/C42H62N8O8/c1-26-21-30(51)22-27(2)31(26)24-29(25-34(52)32(18-14-20-45-38(43)44)48-40(55)57-42(6,7)8)36(53)47-33(17-12-13-19-46-39(54)56-41(3,4)5)37-49-35(50-58-37)23-28-15-10-9-11-16-28/h9-11,15-16,21-22,29,32-33,51H,12-14,17-20,23-25H2,1-8H3,(H,46,54)(H,47,53)(H,48,55)(H4,43,44,45)/t29-,32-,33+/m1/s1. The number of phenols is 1. The Morgan fingerprint density at radius 1 is 0.879 bits per heavy atom. The van der Waals surface area contributed by atoms with Crippen LogP contribution in [0.1, 0.15) is 120 Å². The SMILES string of the molecule is Cc1cc(O)cc(C)c1C[C@H](CC(=O)[C@@H](CCCN=C(N)N)NC(=O)OC(C)(C)C)C(=O)N[C@@H](CCCCNC(=O)OC(C)(C)C)c1nc(Cc2ccccc2)no1. The van der Waals surface area contributed by atoms with Gasteiger partial charge in [0.25, 0.3) is 0 Å². The summed E-state index contributed by atoms with van der Waals surface area (Å²) < 4.78 is 16.5. The fraction of sp³-hybridized carbons (Fsp3) is 0.548. The van der Waals surface area contributed by atoms with Gasteiger partial charge in [-0.25, -0.2) is 9.59 Å². The van der Waals surface area contributed by atoms with Crippen molar-refractivity contribution in [2.24, 2.45) is 22.4 Å². The minimum absolute atomic E-state index is 0.0853. The van der Waals surface area contributed by atoms with E-state index in [2.05, 4.69) is 31.1 Å². The van der Waals surface area contributed by atoms with E-state index in [0.717, 1.165) is 22.3 Å². The molecule has 0 bridgehead atoms. The Morgan fingerprint density at radius 2 is 1.52 bits per heavy atom. The first kappa shape index (κ1) is 46.7. The van der Waals surface area contributed by atoms with Crippen molar-refractivity contribution in [3.63, 3.8) is 0 Å². The predicted octanol–water partition coefficient (Wildman–Crippen LogP) is 5.60. The number of aliphatic imine (C=N–C) groups is 1. The summed E-state index contributed by atoms with van der Waals surface area (Å²) in [6, 6.07) is 11.1. The highest BCUT2D eigenvalue weighted by Crippen LogP contribution is 2.27. The molecule has 0 spiro atoms. The molecule has 58 heavy (non-hydrogen) atoms. The van der Waals surface area contributed by atoms with E-state index in [4.69, 9.17) is 25.5 Å². The summed E-state index contributed by atoms with van der Waals surface area (Å²) in [5.74, 6) is -1.13. The first-order valence-corrected chi connectivity index (χ1v) is 19.7. The highest BCUT2D eigenvalue weighted by Gasteiger charge is 2.32. The molecule has 0 radical (unpaired) electrons. The van der Waals surface area contributed by atoms with Crippen molar-refractivity contribution in [1.82, 2.24) is 26.1 Å². The fourth-order valence-electron chi connectivity index (χ4n) is 6.23. The van der Waals surface area contributed by atoms with E-state index in [0.29, 0.717) is 44.5 Å². The number of nitrogens with two attached hydrogens (primary N) is 2. The Kier molecular flexibility index (Phi) is 17.5. The van der Waals surface area contributed by atoms with Crippen molar-refractivity contribution in [3.05, 3.63) is 76.4 Å². The van der Waals surface area contributed by atoms with Gasteiger partial charge < -0.3 is 46.5 Å². The molecule has 318 valence electrons. The minimum atomic E-state index is -1.01. The van der Waals surface area contributed by atoms with Gasteiger partial charge in [0.15, 0.2) is 17.6 Å². The van der Waals surface area contributed by atoms with E-state index in [-0.39, 0.29) is 43.4 Å². The minimum Gasteiger partial charge on any atom is -0.508 e. The number of carbonyl (C=O) groups excluding carboxylic acids is 4. The smallest absolute Gasteiger partial charge is 0.408 e. The fourth-order valence-corrected chi connectivity index (χ4v) is 6.23. The van der Waals surface area contributed by atoms with Crippen molar-refractivity contribution in [2.45, 2.75) is 130 Å². The highest BCUT2D eigenvalue weighted by molar-refractivity contribution is 5.92. The van der Waals surface area contributed by atoms with E-state index in [1.54, 1.807) is 53.7 Å². The third kappa shape index (κ3) is 17.2. The number of benzene rings is 2. The zero-order valence-corrected chi connectivity index (χ0v) is 35.1. The quantitative estimate of drug-likeness (QED) is 0.0464. The molecule has 0 aliphatic rings. The molecule has 16 nitrogen and oxygen atoms in total. The molecule has 1 heterocycles. The highest BCUT2D eigenvalue weighted by atomic mass is 16.6. The summed E-state index contributed by atoms with van der Waals surface area (Å²) in [5.41, 5.74) is 12.8. The van der Waals surface area contributed by atoms with Crippen LogP contribution >= 0.6 is 0 Å². The van der Waals surface area contributed by atoms with Gasteiger partial charge in [-0.1, -0.05) is 35.5 Å². The number of unbranched alkanes of at least 4 members (excludes halogenated alkanes) is 1. The molecule has 3 amide bonds. The molecule has 0 unspecified atom stereocenters. The van der Waals surface area contributed by atoms with E-state index >= 15 is 0 Å². The number of phenolic OH excluding ortho intramolecular Hbond substituents is 1. The Bertz CT molecular complexity index is 1820. The van der Waals surface area contributed by atoms with Gasteiger partial charge in [0.05, 0.1) is 6.04 Å². The summed E-state index contributed by atoms with van der Waals surface area (Å²) in [5, 5.41) is 23.0. The maximum Gasteiger partial charge on any atom is 0.408 e. The number of ether oxygens (including phenoxy) is 2. The van der Waals surface area contributed by atoms with Crippen LogP contribution in [0.2, 0.25) is 0 Å². The predicted molar refractivity (Wildman–Crippen MR) is 220 cm³/mol. The number of aromatic nitrogens is 2. The van der Waals surface area contributed by atoms with Crippen molar-refractivity contribution in [3.8, 4) is 5.75 Å². The van der Waals surface area contributed by atoms with Crippen LogP contribution in [0.15, 0.2) is 52.0 Å². The molecular formula is C42H62N8O8. The lowest BCUT2D eigenvalue weighted by atomic mass is 9.86. The number of Topliss-reactive ketones (excluding diaryl/α,β-unsaturated/α-hetero) is 1. The molecule has 0 fully saturated rings. The number of nitrogens with one attached hydrogen (secondary N) is 3. The molecule has 1 aromatic heterocycles. The van der Waals surface area contributed by atoms with E-state index in [1.807, 2.05) is 44.2 Å². The normalized spacial score (nSPS) is 13.1. The third-order valence-electron chi connectivity index (χ3n) is 8.87. The van der Waals surface area contributed by atoms with Gasteiger partial charge in [-0.3, -0.25) is 14.6 Å². The maximum atomic E-state index is 14.5. The molecule has 0 saturated heterocycles. The van der Waals surface area contributed by atoms with Gasteiger partial charge >= 0.3 is 12.2 Å². The Morgan fingerprint density at radius 3 is 2.14 bits per heavy atom. The van der Waals surface area contributed by atoms with Crippen LogP contribution in [-0.2, 0) is 31.9 Å². The van der Waals surface area contributed by atoms with Crippen LogP contribution in [-0.4, -0.2) is 75.4 Å². The summed E-state index contributed by atoms with van der Waals surface area (Å²) in [4.78, 5) is 62.4. The van der Waals surface area contributed by atoms with Gasteiger partial charge in [-0.2, -0.15) is 4.98 Å². The Labute approximate surface area is 341 Å². The second-order valence-corrected chi connectivity index (χ2v) is 16.5. The molecule has 2 aromatic carbocycles. The largest absolute Gasteiger partial charge is 0.508 e. The van der Waals surface area contributed by atoms with Crippen LogP contribution in [0.4, 0.5) is 9.59 Å². The van der Waals surface area contributed by atoms with Gasteiger partial charge in [-0.15, -0.1) is 0 Å². The zero-order chi connectivity index (χ0) is 43.0. The van der Waals surface area contributed by atoms with Crippen molar-refractivity contribution in [1.29, 1.82) is 0 Å². The summed E-state index contributed by atoms with van der Waals surface area (Å²) in [6.07, 6.45) is 1.05. The number of ketones is 1. The number of alkyl carbamates (subject to hydrolysis) is 2.